The fourth-order valence-electron chi connectivity index (χ4n) is 4.31. The van der Waals surface area contributed by atoms with E-state index in [1.54, 1.807) is 29.6 Å². The number of piperidine rings is 1. The summed E-state index contributed by atoms with van der Waals surface area (Å²) in [5, 5.41) is 4.69. The summed E-state index contributed by atoms with van der Waals surface area (Å²) < 4.78 is 1.19. The van der Waals surface area contributed by atoms with Gasteiger partial charge in [-0.05, 0) is 50.1 Å². The van der Waals surface area contributed by atoms with Crippen molar-refractivity contribution in [2.45, 2.75) is 38.6 Å². The zero-order chi connectivity index (χ0) is 20.0. The quantitative estimate of drug-likeness (QED) is 0.456. The smallest absolute Gasteiger partial charge is 0.219 e. The highest BCUT2D eigenvalue weighted by molar-refractivity contribution is 7.18. The number of benzene rings is 1. The van der Waals surface area contributed by atoms with Crippen LogP contribution >= 0.6 is 22.7 Å². The lowest BCUT2D eigenvalue weighted by molar-refractivity contribution is -0.132. The second kappa shape index (κ2) is 7.39. The number of amides is 1. The summed E-state index contributed by atoms with van der Waals surface area (Å²) >= 11 is 3.40. The van der Waals surface area contributed by atoms with Crippen molar-refractivity contribution in [3.8, 4) is 0 Å². The van der Waals surface area contributed by atoms with E-state index >= 15 is 0 Å². The number of carbonyl (C=O) groups is 1. The standard InChI is InChI=1S/C22H22N4OS2/c1-13-16(4-3-9-26(13)14(2)27)21-11-17-18(7-8-23-22(17)29-21)25-15-5-6-20-19(10-15)24-12-28-20/h5-8,10-13,16H,3-4,9H2,1-2H3,(H,23,25)/t13-,16-/m1/s1. The molecule has 0 spiro atoms. The molecular formula is C22H22N4OS2. The number of likely N-dealkylation sites (tertiary alicyclic amines) is 1. The lowest BCUT2D eigenvalue weighted by atomic mass is 9.88. The first-order valence-electron chi connectivity index (χ1n) is 9.86. The molecule has 29 heavy (non-hydrogen) atoms. The number of aromatic nitrogens is 2. The van der Waals surface area contributed by atoms with Gasteiger partial charge in [-0.15, -0.1) is 22.7 Å². The van der Waals surface area contributed by atoms with E-state index in [9.17, 15) is 4.79 Å². The van der Waals surface area contributed by atoms with Gasteiger partial charge in [0.1, 0.15) is 4.83 Å². The first-order valence-corrected chi connectivity index (χ1v) is 11.6. The molecule has 1 saturated heterocycles. The summed E-state index contributed by atoms with van der Waals surface area (Å²) in [6.07, 6.45) is 4.02. The molecule has 1 aliphatic heterocycles. The maximum Gasteiger partial charge on any atom is 0.219 e. The number of rotatable bonds is 3. The van der Waals surface area contributed by atoms with E-state index in [4.69, 9.17) is 0 Å². The van der Waals surface area contributed by atoms with Crippen molar-refractivity contribution in [3.05, 3.63) is 46.9 Å². The molecule has 148 valence electrons. The third-order valence-electron chi connectivity index (χ3n) is 5.82. The Kier molecular flexibility index (Phi) is 4.72. The largest absolute Gasteiger partial charge is 0.355 e. The van der Waals surface area contributed by atoms with Crippen LogP contribution in [0.3, 0.4) is 0 Å². The minimum Gasteiger partial charge on any atom is -0.355 e. The summed E-state index contributed by atoms with van der Waals surface area (Å²) in [6.45, 7) is 4.71. The number of anilines is 2. The van der Waals surface area contributed by atoms with Gasteiger partial charge in [0.25, 0.3) is 0 Å². The second-order valence-electron chi connectivity index (χ2n) is 7.59. The Labute approximate surface area is 177 Å². The van der Waals surface area contributed by atoms with E-state index in [1.807, 2.05) is 22.7 Å². The van der Waals surface area contributed by atoms with Crippen molar-refractivity contribution in [1.29, 1.82) is 0 Å². The lowest BCUT2D eigenvalue weighted by Crippen LogP contribution is -2.44. The van der Waals surface area contributed by atoms with Crippen LogP contribution in [0.1, 0.15) is 37.5 Å². The van der Waals surface area contributed by atoms with Crippen LogP contribution in [0, 0.1) is 0 Å². The molecular weight excluding hydrogens is 400 g/mol. The van der Waals surface area contributed by atoms with E-state index in [-0.39, 0.29) is 11.9 Å². The molecule has 1 aliphatic rings. The molecule has 0 saturated carbocycles. The van der Waals surface area contributed by atoms with E-state index in [2.05, 4.69) is 46.5 Å². The van der Waals surface area contributed by atoms with Crippen molar-refractivity contribution in [2.75, 3.05) is 11.9 Å². The Morgan fingerprint density at radius 3 is 3.00 bits per heavy atom. The highest BCUT2D eigenvalue weighted by atomic mass is 32.1. The van der Waals surface area contributed by atoms with Gasteiger partial charge in [-0.3, -0.25) is 4.79 Å². The highest BCUT2D eigenvalue weighted by Gasteiger charge is 2.31. The van der Waals surface area contributed by atoms with Crippen LogP contribution < -0.4 is 5.32 Å². The number of nitrogens with one attached hydrogen (secondary N) is 1. The summed E-state index contributed by atoms with van der Waals surface area (Å²) in [7, 11) is 0. The van der Waals surface area contributed by atoms with Crippen LogP contribution in [-0.2, 0) is 4.79 Å². The number of thiophene rings is 1. The van der Waals surface area contributed by atoms with Crippen molar-refractivity contribution in [1.82, 2.24) is 14.9 Å². The van der Waals surface area contributed by atoms with Gasteiger partial charge in [0.15, 0.2) is 0 Å². The van der Waals surface area contributed by atoms with Gasteiger partial charge in [0.05, 0.1) is 21.4 Å². The summed E-state index contributed by atoms with van der Waals surface area (Å²) in [5.74, 6) is 0.535. The third-order valence-corrected chi connectivity index (χ3v) is 7.81. The van der Waals surface area contributed by atoms with Crippen LogP contribution in [0.25, 0.3) is 20.4 Å². The van der Waals surface area contributed by atoms with Gasteiger partial charge in [0.2, 0.25) is 5.91 Å². The van der Waals surface area contributed by atoms with E-state index in [0.29, 0.717) is 5.92 Å². The van der Waals surface area contributed by atoms with Crippen LogP contribution in [0.2, 0.25) is 0 Å². The molecule has 0 radical (unpaired) electrons. The molecule has 0 aliphatic carbocycles. The zero-order valence-electron chi connectivity index (χ0n) is 16.4. The molecule has 2 atom stereocenters. The minimum absolute atomic E-state index is 0.168. The SMILES string of the molecule is CC(=O)N1CCC[C@@H](c2cc3c(Nc4ccc5scnc5c4)ccnc3s2)[C@H]1C. The Hall–Kier alpha value is -2.51. The first kappa shape index (κ1) is 18.5. The molecule has 1 fully saturated rings. The Morgan fingerprint density at radius 2 is 2.14 bits per heavy atom. The van der Waals surface area contributed by atoms with E-state index in [0.717, 1.165) is 46.5 Å². The number of hydrogen-bond donors (Lipinski definition) is 1. The van der Waals surface area contributed by atoms with Crippen LogP contribution in [0.15, 0.2) is 42.0 Å². The van der Waals surface area contributed by atoms with E-state index in [1.165, 1.54) is 9.58 Å². The molecule has 0 bridgehead atoms. The van der Waals surface area contributed by atoms with Gasteiger partial charge in [-0.25, -0.2) is 9.97 Å². The number of nitrogens with zero attached hydrogens (tertiary/aromatic N) is 3. The van der Waals surface area contributed by atoms with Gasteiger partial charge >= 0.3 is 0 Å². The van der Waals surface area contributed by atoms with Crippen LogP contribution in [0.5, 0.6) is 0 Å². The molecule has 1 N–H and O–H groups in total. The number of carbonyl (C=O) groups excluding carboxylic acids is 1. The molecule has 5 nitrogen and oxygen atoms in total. The zero-order valence-corrected chi connectivity index (χ0v) is 18.0. The Bertz CT molecular complexity index is 1200. The molecule has 1 aromatic carbocycles. The molecule has 0 unspecified atom stereocenters. The van der Waals surface area contributed by atoms with Crippen molar-refractivity contribution >= 4 is 60.4 Å². The first-order chi connectivity index (χ1) is 14.1. The average molecular weight is 423 g/mol. The topological polar surface area (TPSA) is 58.1 Å². The summed E-state index contributed by atoms with van der Waals surface area (Å²) in [4.78, 5) is 25.4. The average Bonchev–Trinajstić information content (AvgIpc) is 3.34. The summed E-state index contributed by atoms with van der Waals surface area (Å²) in [6, 6.07) is 10.8. The monoisotopic (exact) mass is 422 g/mol. The van der Waals surface area contributed by atoms with Crippen LogP contribution in [-0.4, -0.2) is 33.4 Å². The van der Waals surface area contributed by atoms with Gasteiger partial charge in [0, 0.05) is 47.6 Å². The van der Waals surface area contributed by atoms with Crippen molar-refractivity contribution in [2.24, 2.45) is 0 Å². The number of hydrogen-bond acceptors (Lipinski definition) is 6. The number of fused-ring (bicyclic) bond motifs is 2. The minimum atomic E-state index is 0.168. The highest BCUT2D eigenvalue weighted by Crippen LogP contribution is 2.40. The predicted octanol–water partition coefficient (Wildman–Crippen LogP) is 5.76. The van der Waals surface area contributed by atoms with E-state index < -0.39 is 0 Å². The number of thiazole rings is 1. The predicted molar refractivity (Wildman–Crippen MR) is 121 cm³/mol. The normalized spacial score (nSPS) is 19.7. The van der Waals surface area contributed by atoms with Crippen LogP contribution in [0.4, 0.5) is 11.4 Å². The number of pyridine rings is 1. The molecule has 5 rings (SSSR count). The Balaban J connectivity index is 1.48. The van der Waals surface area contributed by atoms with Crippen molar-refractivity contribution < 1.29 is 4.79 Å². The van der Waals surface area contributed by atoms with Gasteiger partial charge < -0.3 is 10.2 Å². The molecule has 1 amide bonds. The van der Waals surface area contributed by atoms with Gasteiger partial charge in [-0.2, -0.15) is 0 Å². The van der Waals surface area contributed by atoms with Gasteiger partial charge in [-0.1, -0.05) is 0 Å². The maximum absolute atomic E-state index is 12.0. The molecule has 4 aromatic rings. The maximum atomic E-state index is 12.0. The summed E-state index contributed by atoms with van der Waals surface area (Å²) in [5.41, 5.74) is 4.97. The third kappa shape index (κ3) is 3.38. The Morgan fingerprint density at radius 1 is 1.24 bits per heavy atom. The fraction of sp³-hybridized carbons (Fsp3) is 0.318. The fourth-order valence-corrected chi connectivity index (χ4v) is 6.23. The molecule has 3 aromatic heterocycles. The lowest BCUT2D eigenvalue weighted by Gasteiger charge is -2.38. The molecule has 4 heterocycles. The van der Waals surface area contributed by atoms with Crippen molar-refractivity contribution in [3.63, 3.8) is 0 Å². The molecule has 7 heteroatoms. The second-order valence-corrected chi connectivity index (χ2v) is 9.54.